The Morgan fingerprint density at radius 2 is 2.04 bits per heavy atom. The van der Waals surface area contributed by atoms with E-state index in [9.17, 15) is 10.1 Å². The van der Waals surface area contributed by atoms with Crippen LogP contribution in [0.15, 0.2) is 54.9 Å². The smallest absolute Gasteiger partial charge is 0.258 e. The number of hydrogen-bond acceptors (Lipinski definition) is 5. The van der Waals surface area contributed by atoms with E-state index >= 15 is 0 Å². The van der Waals surface area contributed by atoms with Gasteiger partial charge in [-0.15, -0.1) is 0 Å². The van der Waals surface area contributed by atoms with Crippen LogP contribution in [0, 0.1) is 21.4 Å². The third-order valence-corrected chi connectivity index (χ3v) is 3.32. The van der Waals surface area contributed by atoms with Gasteiger partial charge in [-0.05, 0) is 11.6 Å². The van der Waals surface area contributed by atoms with Gasteiger partial charge in [0.25, 0.3) is 5.69 Å². The first-order valence-electron chi connectivity index (χ1n) is 6.79. The lowest BCUT2D eigenvalue weighted by Gasteiger charge is -2.03. The molecule has 0 unspecified atom stereocenters. The summed E-state index contributed by atoms with van der Waals surface area (Å²) in [5.41, 5.74) is 1.99. The summed E-state index contributed by atoms with van der Waals surface area (Å²) in [6, 6.07) is 15.6. The molecule has 0 amide bonds. The number of nitrogens with zero attached hydrogens (tertiary/aromatic N) is 5. The number of rotatable bonds is 4. The van der Waals surface area contributed by atoms with Crippen molar-refractivity contribution < 1.29 is 4.92 Å². The van der Waals surface area contributed by atoms with Crippen LogP contribution in [-0.4, -0.2) is 19.7 Å². The number of nitriles is 1. The van der Waals surface area contributed by atoms with Gasteiger partial charge < -0.3 is 0 Å². The minimum Gasteiger partial charge on any atom is -0.258 e. The van der Waals surface area contributed by atoms with Crippen LogP contribution in [0.1, 0.15) is 11.1 Å². The van der Waals surface area contributed by atoms with E-state index in [1.807, 2.05) is 12.1 Å². The maximum Gasteiger partial charge on any atom is 0.270 e. The van der Waals surface area contributed by atoms with Crippen LogP contribution >= 0.6 is 0 Å². The SMILES string of the molecule is N#Cc1ccccc1Cn1cnc(-c2cccc([N+](=O)[O-])c2)n1. The molecule has 0 aliphatic rings. The molecular formula is C16H11N5O2. The van der Waals surface area contributed by atoms with E-state index < -0.39 is 4.92 Å². The largest absolute Gasteiger partial charge is 0.270 e. The van der Waals surface area contributed by atoms with E-state index in [2.05, 4.69) is 16.2 Å². The zero-order valence-corrected chi connectivity index (χ0v) is 12.0. The normalized spacial score (nSPS) is 10.2. The van der Waals surface area contributed by atoms with E-state index in [1.54, 1.807) is 35.3 Å². The van der Waals surface area contributed by atoms with Crippen molar-refractivity contribution in [1.29, 1.82) is 5.26 Å². The van der Waals surface area contributed by atoms with E-state index in [0.717, 1.165) is 5.56 Å². The predicted molar refractivity (Wildman–Crippen MR) is 82.4 cm³/mol. The van der Waals surface area contributed by atoms with Gasteiger partial charge in [-0.1, -0.05) is 30.3 Å². The molecule has 3 aromatic rings. The van der Waals surface area contributed by atoms with Crippen molar-refractivity contribution in [3.63, 3.8) is 0 Å². The summed E-state index contributed by atoms with van der Waals surface area (Å²) in [5, 5.41) is 24.3. The quantitative estimate of drug-likeness (QED) is 0.545. The summed E-state index contributed by atoms with van der Waals surface area (Å²) in [4.78, 5) is 14.6. The van der Waals surface area contributed by atoms with Gasteiger partial charge in [-0.3, -0.25) is 10.1 Å². The first kappa shape index (κ1) is 14.4. The zero-order valence-electron chi connectivity index (χ0n) is 12.0. The maximum atomic E-state index is 10.8. The highest BCUT2D eigenvalue weighted by Gasteiger charge is 2.11. The lowest BCUT2D eigenvalue weighted by atomic mass is 10.1. The molecule has 0 saturated heterocycles. The fraction of sp³-hybridized carbons (Fsp3) is 0.0625. The molecule has 0 radical (unpaired) electrons. The summed E-state index contributed by atoms with van der Waals surface area (Å²) in [5.74, 6) is 0.406. The Kier molecular flexibility index (Phi) is 3.80. The second-order valence-electron chi connectivity index (χ2n) is 4.84. The lowest BCUT2D eigenvalue weighted by Crippen LogP contribution is -2.02. The topological polar surface area (TPSA) is 97.6 Å². The van der Waals surface area contributed by atoms with Gasteiger partial charge in [0.15, 0.2) is 5.82 Å². The summed E-state index contributed by atoms with van der Waals surface area (Å²) < 4.78 is 1.60. The maximum absolute atomic E-state index is 10.8. The molecule has 1 aromatic heterocycles. The highest BCUT2D eigenvalue weighted by Crippen LogP contribution is 2.20. The third kappa shape index (κ3) is 3.06. The fourth-order valence-corrected chi connectivity index (χ4v) is 2.20. The lowest BCUT2D eigenvalue weighted by molar-refractivity contribution is -0.384. The average Bonchev–Trinajstić information content (AvgIpc) is 3.04. The Morgan fingerprint density at radius 3 is 2.83 bits per heavy atom. The predicted octanol–water partition coefficient (Wildman–Crippen LogP) is 2.77. The third-order valence-electron chi connectivity index (χ3n) is 3.32. The van der Waals surface area contributed by atoms with Crippen molar-refractivity contribution >= 4 is 5.69 Å². The number of aromatic nitrogens is 3. The highest BCUT2D eigenvalue weighted by molar-refractivity contribution is 5.58. The molecule has 3 rings (SSSR count). The van der Waals surface area contributed by atoms with Crippen LogP contribution in [0.3, 0.4) is 0 Å². The second kappa shape index (κ2) is 6.07. The Labute approximate surface area is 131 Å². The van der Waals surface area contributed by atoms with Crippen molar-refractivity contribution in [2.24, 2.45) is 0 Å². The summed E-state index contributed by atoms with van der Waals surface area (Å²) in [6.45, 7) is 0.408. The molecule has 0 saturated carbocycles. The molecule has 1 heterocycles. The Morgan fingerprint density at radius 1 is 1.22 bits per heavy atom. The van der Waals surface area contributed by atoms with Crippen LogP contribution in [0.2, 0.25) is 0 Å². The minimum absolute atomic E-state index is 0.00586. The van der Waals surface area contributed by atoms with Crippen molar-refractivity contribution in [3.05, 3.63) is 76.1 Å². The number of nitro groups is 1. The van der Waals surface area contributed by atoms with Crippen LogP contribution in [0.25, 0.3) is 11.4 Å². The molecule has 0 bridgehead atoms. The Balaban J connectivity index is 1.88. The van der Waals surface area contributed by atoms with Gasteiger partial charge in [0.1, 0.15) is 6.33 Å². The van der Waals surface area contributed by atoms with Crippen molar-refractivity contribution in [3.8, 4) is 17.5 Å². The molecule has 0 atom stereocenters. The molecule has 112 valence electrons. The molecule has 23 heavy (non-hydrogen) atoms. The van der Waals surface area contributed by atoms with Gasteiger partial charge in [0, 0.05) is 17.7 Å². The molecule has 7 nitrogen and oxygen atoms in total. The van der Waals surface area contributed by atoms with Gasteiger partial charge in [0.2, 0.25) is 0 Å². The van der Waals surface area contributed by atoms with Gasteiger partial charge in [-0.25, -0.2) is 9.67 Å². The van der Waals surface area contributed by atoms with E-state index in [4.69, 9.17) is 5.26 Å². The minimum atomic E-state index is -0.455. The first-order chi connectivity index (χ1) is 11.2. The summed E-state index contributed by atoms with van der Waals surface area (Å²) in [7, 11) is 0. The second-order valence-corrected chi connectivity index (χ2v) is 4.84. The van der Waals surface area contributed by atoms with Gasteiger partial charge in [0.05, 0.1) is 23.1 Å². The summed E-state index contributed by atoms with van der Waals surface area (Å²) in [6.07, 6.45) is 1.54. The van der Waals surface area contributed by atoms with Gasteiger partial charge >= 0.3 is 0 Å². The van der Waals surface area contributed by atoms with Crippen molar-refractivity contribution in [2.75, 3.05) is 0 Å². The van der Waals surface area contributed by atoms with Crippen molar-refractivity contribution in [2.45, 2.75) is 6.54 Å². The van der Waals surface area contributed by atoms with Crippen LogP contribution in [-0.2, 0) is 6.54 Å². The molecule has 0 aliphatic heterocycles. The van der Waals surface area contributed by atoms with E-state index in [0.29, 0.717) is 23.5 Å². The molecule has 0 aliphatic carbocycles. The van der Waals surface area contributed by atoms with Crippen LogP contribution in [0.5, 0.6) is 0 Å². The number of non-ortho nitro benzene ring substituents is 1. The highest BCUT2D eigenvalue weighted by atomic mass is 16.6. The Hall–Kier alpha value is -3.53. The molecule has 7 heteroatoms. The first-order valence-corrected chi connectivity index (χ1v) is 6.79. The number of hydrogen-bond donors (Lipinski definition) is 0. The van der Waals surface area contributed by atoms with E-state index in [1.165, 1.54) is 12.1 Å². The number of nitro benzene ring substituents is 1. The fourth-order valence-electron chi connectivity index (χ4n) is 2.20. The molecular weight excluding hydrogens is 294 g/mol. The monoisotopic (exact) mass is 305 g/mol. The summed E-state index contributed by atoms with van der Waals surface area (Å²) >= 11 is 0. The molecule has 0 N–H and O–H groups in total. The molecule has 0 spiro atoms. The average molecular weight is 305 g/mol. The van der Waals surface area contributed by atoms with Crippen LogP contribution in [0.4, 0.5) is 5.69 Å². The molecule has 2 aromatic carbocycles. The van der Waals surface area contributed by atoms with Crippen LogP contribution < -0.4 is 0 Å². The van der Waals surface area contributed by atoms with Crippen molar-refractivity contribution in [1.82, 2.24) is 14.8 Å². The van der Waals surface area contributed by atoms with Gasteiger partial charge in [-0.2, -0.15) is 10.4 Å². The molecule has 0 fully saturated rings. The number of benzene rings is 2. The van der Waals surface area contributed by atoms with E-state index in [-0.39, 0.29) is 5.69 Å². The Bertz CT molecular complexity index is 911. The standard InChI is InChI=1S/C16H11N5O2/c17-9-13-4-1-2-5-14(13)10-20-11-18-16(19-20)12-6-3-7-15(8-12)21(22)23/h1-8,11H,10H2. The zero-order chi connectivity index (χ0) is 16.2.